The van der Waals surface area contributed by atoms with Crippen LogP contribution in [0.4, 0.5) is 0 Å². The summed E-state index contributed by atoms with van der Waals surface area (Å²) >= 11 is 0. The van der Waals surface area contributed by atoms with Gasteiger partial charge in [-0.1, -0.05) is 30.9 Å². The van der Waals surface area contributed by atoms with Crippen LogP contribution >= 0.6 is 8.69 Å². The lowest BCUT2D eigenvalue weighted by atomic mass is 9.91. The maximum absolute atomic E-state index is 10.7. The smallest absolute Gasteiger partial charge is 0.489 e. The summed E-state index contributed by atoms with van der Waals surface area (Å²) in [7, 11) is -0.786. The third kappa shape index (κ3) is 5.31. The molecule has 1 aromatic carbocycles. The van der Waals surface area contributed by atoms with Gasteiger partial charge in [-0.3, -0.25) is 0 Å². The molecule has 1 unspecified atom stereocenters. The number of hydrogen-bond donors (Lipinski definition) is 0. The predicted octanol–water partition coefficient (Wildman–Crippen LogP) is 4.89. The third-order valence-electron chi connectivity index (χ3n) is 3.36. The third-order valence-corrected chi connectivity index (χ3v) is 3.62. The van der Waals surface area contributed by atoms with E-state index in [0.717, 1.165) is 28.0 Å². The molecule has 3 nitrogen and oxygen atoms in total. The van der Waals surface area contributed by atoms with Crippen LogP contribution in [0.5, 0.6) is 5.75 Å². The van der Waals surface area contributed by atoms with Gasteiger partial charge in [-0.15, -0.1) is 24.3 Å². The quantitative estimate of drug-likeness (QED) is 0.404. The molecule has 1 aromatic rings. The second-order valence-electron chi connectivity index (χ2n) is 4.93. The fourth-order valence-electron chi connectivity index (χ4n) is 2.51. The second-order valence-corrected chi connectivity index (χ2v) is 5.39. The zero-order valence-corrected chi connectivity index (χ0v) is 14.5. The molecule has 1 rings (SSSR count). The van der Waals surface area contributed by atoms with Crippen LogP contribution in [0, 0.1) is 0 Å². The fraction of sp³-hybridized carbons (Fsp3) is 0.263. The van der Waals surface area contributed by atoms with Crippen molar-refractivity contribution in [3.63, 3.8) is 0 Å². The summed E-state index contributed by atoms with van der Waals surface area (Å²) in [5.41, 5.74) is 4.17. The average Bonchev–Trinajstić information content (AvgIpc) is 2.55. The molecule has 4 heteroatoms. The van der Waals surface area contributed by atoms with Crippen molar-refractivity contribution in [3.05, 3.63) is 78.9 Å². The first kappa shape index (κ1) is 19.1. The molecular formula is C19H24O3P+. The van der Waals surface area contributed by atoms with Gasteiger partial charge in [0.15, 0.2) is 0 Å². The van der Waals surface area contributed by atoms with E-state index in [1.165, 1.54) is 0 Å². The van der Waals surface area contributed by atoms with Crippen molar-refractivity contribution in [1.29, 1.82) is 0 Å². The molecule has 0 N–H and O–H groups in total. The van der Waals surface area contributed by atoms with Crippen LogP contribution in [0.3, 0.4) is 0 Å². The van der Waals surface area contributed by atoms with Gasteiger partial charge in [0.2, 0.25) is 0 Å². The van der Waals surface area contributed by atoms with E-state index >= 15 is 0 Å². The lowest BCUT2D eigenvalue weighted by molar-refractivity contribution is 0.329. The van der Waals surface area contributed by atoms with E-state index in [2.05, 4.69) is 26.3 Å². The van der Waals surface area contributed by atoms with E-state index < -0.39 is 8.69 Å². The van der Waals surface area contributed by atoms with Crippen LogP contribution in [0.1, 0.15) is 22.3 Å². The molecule has 0 aliphatic heterocycles. The maximum Gasteiger partial charge on any atom is 0.494 e. The Hall–Kier alpha value is -1.96. The maximum atomic E-state index is 10.7. The van der Waals surface area contributed by atoms with Gasteiger partial charge < -0.3 is 4.74 Å². The molecule has 122 valence electrons. The van der Waals surface area contributed by atoms with E-state index in [1.54, 1.807) is 6.08 Å². The molecule has 0 amide bonds. The molecule has 0 spiro atoms. The molecule has 0 saturated carbocycles. The molecule has 0 saturated heterocycles. The van der Waals surface area contributed by atoms with Gasteiger partial charge in [0.05, 0.1) is 0 Å². The van der Waals surface area contributed by atoms with E-state index in [9.17, 15) is 4.57 Å². The van der Waals surface area contributed by atoms with Crippen molar-refractivity contribution >= 4 is 8.69 Å². The summed E-state index contributed by atoms with van der Waals surface area (Å²) in [6.45, 7) is 15.9. The van der Waals surface area contributed by atoms with Gasteiger partial charge in [-0.25, -0.2) is 0 Å². The highest BCUT2D eigenvalue weighted by Gasteiger charge is 2.18. The summed E-state index contributed by atoms with van der Waals surface area (Å²) in [4.78, 5) is 0. The Bertz CT molecular complexity index is 591. The van der Waals surface area contributed by atoms with Crippen LogP contribution in [0.25, 0.3) is 0 Å². The van der Waals surface area contributed by atoms with Gasteiger partial charge in [-0.2, -0.15) is 0 Å². The molecule has 0 aromatic heterocycles. The molecule has 0 bridgehead atoms. The van der Waals surface area contributed by atoms with Gasteiger partial charge in [0, 0.05) is 5.56 Å². The highest BCUT2D eigenvalue weighted by Crippen LogP contribution is 2.33. The molecule has 0 aliphatic carbocycles. The summed E-state index contributed by atoms with van der Waals surface area (Å²) in [5.74, 6) is 0.842. The van der Waals surface area contributed by atoms with Gasteiger partial charge >= 0.3 is 8.69 Å². The van der Waals surface area contributed by atoms with Crippen molar-refractivity contribution < 1.29 is 13.8 Å². The Morgan fingerprint density at radius 1 is 0.913 bits per heavy atom. The zero-order chi connectivity index (χ0) is 17.1. The lowest BCUT2D eigenvalue weighted by Gasteiger charge is -2.20. The topological polar surface area (TPSA) is 35.5 Å². The van der Waals surface area contributed by atoms with Crippen molar-refractivity contribution in [1.82, 2.24) is 0 Å². The first-order valence-corrected chi connectivity index (χ1v) is 8.26. The summed E-state index contributed by atoms with van der Waals surface area (Å²) in [6, 6.07) is 2.03. The average molecular weight is 331 g/mol. The van der Waals surface area contributed by atoms with E-state index in [1.807, 2.05) is 24.3 Å². The van der Waals surface area contributed by atoms with E-state index in [4.69, 9.17) is 9.26 Å². The summed E-state index contributed by atoms with van der Waals surface area (Å²) in [5, 5.41) is 0. The van der Waals surface area contributed by atoms with E-state index in [0.29, 0.717) is 32.5 Å². The second kappa shape index (κ2) is 10.7. The minimum absolute atomic E-state index is 0.293. The van der Waals surface area contributed by atoms with Crippen molar-refractivity contribution in [3.8, 4) is 5.75 Å². The largest absolute Gasteiger partial charge is 0.494 e. The number of hydrogen-bond acceptors (Lipinski definition) is 3. The normalized spacial score (nSPS) is 10.3. The highest BCUT2D eigenvalue weighted by molar-refractivity contribution is 7.17. The van der Waals surface area contributed by atoms with Crippen LogP contribution in [-0.4, -0.2) is 6.61 Å². The lowest BCUT2D eigenvalue weighted by Crippen LogP contribution is -2.08. The van der Waals surface area contributed by atoms with Gasteiger partial charge in [0.1, 0.15) is 19.0 Å². The Labute approximate surface area is 140 Å². The minimum Gasteiger partial charge on any atom is -0.489 e. The summed E-state index contributed by atoms with van der Waals surface area (Å²) < 4.78 is 21.8. The fourth-order valence-corrected chi connectivity index (χ4v) is 2.73. The number of allylic oxidation sites excluding steroid dienone is 3. The van der Waals surface area contributed by atoms with Crippen molar-refractivity contribution in [2.24, 2.45) is 0 Å². The first-order chi connectivity index (χ1) is 11.2. The molecule has 1 atom stereocenters. The van der Waals surface area contributed by atoms with Crippen LogP contribution < -0.4 is 4.74 Å². The van der Waals surface area contributed by atoms with Crippen molar-refractivity contribution in [2.75, 3.05) is 6.61 Å². The van der Waals surface area contributed by atoms with E-state index in [-0.39, 0.29) is 0 Å². The Balaban J connectivity index is 3.54. The molecule has 0 aliphatic rings. The van der Waals surface area contributed by atoms with Crippen LogP contribution in [0.2, 0.25) is 0 Å². The molecule has 23 heavy (non-hydrogen) atoms. The summed E-state index contributed by atoms with van der Waals surface area (Å²) in [6.07, 6.45) is 9.28. The molecule has 0 heterocycles. The van der Waals surface area contributed by atoms with Gasteiger partial charge in [-0.05, 0) is 46.6 Å². The zero-order valence-electron chi connectivity index (χ0n) is 13.5. The van der Waals surface area contributed by atoms with Crippen LogP contribution in [0.15, 0.2) is 56.7 Å². The molecular weight excluding hydrogens is 307 g/mol. The predicted molar refractivity (Wildman–Crippen MR) is 97.6 cm³/mol. The SMILES string of the molecule is C=CCOc1c(CC=C)cc(CO[PH+]=O)c(CC=C)c1CC=C. The minimum atomic E-state index is -0.786. The number of rotatable bonds is 12. The first-order valence-electron chi connectivity index (χ1n) is 7.45. The Kier molecular flexibility index (Phi) is 8.89. The van der Waals surface area contributed by atoms with Crippen LogP contribution in [-0.2, 0) is 35.0 Å². The monoisotopic (exact) mass is 331 g/mol. The van der Waals surface area contributed by atoms with Gasteiger partial charge in [0.25, 0.3) is 0 Å². The Morgan fingerprint density at radius 3 is 2.13 bits per heavy atom. The van der Waals surface area contributed by atoms with Crippen molar-refractivity contribution in [2.45, 2.75) is 25.9 Å². The Morgan fingerprint density at radius 2 is 1.57 bits per heavy atom. The molecule has 0 fully saturated rings. The highest BCUT2D eigenvalue weighted by atomic mass is 31.1. The molecule has 0 radical (unpaired) electrons. The number of ether oxygens (including phenoxy) is 1. The number of benzene rings is 1. The standard InChI is InChI=1S/C19H24O3P/c1-5-9-15-13-16(14-22-23-20)17(10-6-2)18(11-7-3)19(15)21-12-8-4/h5-8,13,23H,1-4,9-12,14H2/q+1.